The zero-order valence-electron chi connectivity index (χ0n) is 8.82. The van der Waals surface area contributed by atoms with Gasteiger partial charge in [-0.25, -0.2) is 4.39 Å². The molecule has 0 aliphatic rings. The SMILES string of the molecule is CC(=O)c1cc(C(F)(F)F)c(OC(F)F)cc1F. The Hall–Kier alpha value is -1.73. The van der Waals surface area contributed by atoms with E-state index in [4.69, 9.17) is 0 Å². The van der Waals surface area contributed by atoms with Gasteiger partial charge in [0.15, 0.2) is 5.78 Å². The van der Waals surface area contributed by atoms with Crippen molar-refractivity contribution in [3.63, 3.8) is 0 Å². The van der Waals surface area contributed by atoms with E-state index >= 15 is 0 Å². The summed E-state index contributed by atoms with van der Waals surface area (Å²) in [6.07, 6.45) is -5.04. The van der Waals surface area contributed by atoms with Crippen molar-refractivity contribution in [3.8, 4) is 5.75 Å². The van der Waals surface area contributed by atoms with E-state index in [1.165, 1.54) is 0 Å². The van der Waals surface area contributed by atoms with Crippen LogP contribution in [0.4, 0.5) is 26.3 Å². The van der Waals surface area contributed by atoms with Crippen LogP contribution in [-0.2, 0) is 6.18 Å². The third-order valence-corrected chi connectivity index (χ3v) is 1.97. The van der Waals surface area contributed by atoms with Gasteiger partial charge in [-0.2, -0.15) is 22.0 Å². The number of rotatable bonds is 3. The van der Waals surface area contributed by atoms with Gasteiger partial charge in [-0.05, 0) is 13.0 Å². The summed E-state index contributed by atoms with van der Waals surface area (Å²) in [5.74, 6) is -3.67. The summed E-state index contributed by atoms with van der Waals surface area (Å²) in [4.78, 5) is 10.9. The molecule has 0 amide bonds. The van der Waals surface area contributed by atoms with E-state index in [2.05, 4.69) is 4.74 Å². The van der Waals surface area contributed by atoms with Crippen molar-refractivity contribution >= 4 is 5.78 Å². The van der Waals surface area contributed by atoms with E-state index in [9.17, 15) is 31.1 Å². The van der Waals surface area contributed by atoms with Gasteiger partial charge in [0.1, 0.15) is 11.6 Å². The Kier molecular flexibility index (Phi) is 3.88. The highest BCUT2D eigenvalue weighted by Crippen LogP contribution is 2.38. The number of benzene rings is 1. The lowest BCUT2D eigenvalue weighted by Crippen LogP contribution is -2.13. The third-order valence-electron chi connectivity index (χ3n) is 1.97. The fraction of sp³-hybridized carbons (Fsp3) is 0.300. The topological polar surface area (TPSA) is 26.3 Å². The van der Waals surface area contributed by atoms with Crippen LogP contribution in [0, 0.1) is 5.82 Å². The molecule has 0 aliphatic carbocycles. The molecule has 2 nitrogen and oxygen atoms in total. The number of ether oxygens (including phenoxy) is 1. The van der Waals surface area contributed by atoms with Crippen LogP contribution in [0.1, 0.15) is 22.8 Å². The van der Waals surface area contributed by atoms with Crippen molar-refractivity contribution in [1.29, 1.82) is 0 Å². The molecule has 8 heteroatoms. The van der Waals surface area contributed by atoms with Crippen molar-refractivity contribution in [1.82, 2.24) is 0 Å². The highest BCUT2D eigenvalue weighted by atomic mass is 19.4. The summed E-state index contributed by atoms with van der Waals surface area (Å²) in [7, 11) is 0. The molecule has 1 rings (SSSR count). The molecule has 0 bridgehead atoms. The first kappa shape index (κ1) is 14.3. The second-order valence-corrected chi connectivity index (χ2v) is 3.26. The summed E-state index contributed by atoms with van der Waals surface area (Å²) >= 11 is 0. The smallest absolute Gasteiger partial charge is 0.419 e. The molecule has 0 atom stereocenters. The Bertz CT molecular complexity index is 466. The molecule has 0 spiro atoms. The number of Topliss-reactive ketones (excluding diaryl/α,β-unsaturated/α-hetero) is 1. The zero-order chi connectivity index (χ0) is 14.1. The number of halogens is 6. The van der Waals surface area contributed by atoms with Crippen LogP contribution in [0.15, 0.2) is 12.1 Å². The first-order valence-electron chi connectivity index (χ1n) is 4.49. The van der Waals surface area contributed by atoms with Gasteiger partial charge in [-0.1, -0.05) is 0 Å². The molecule has 0 radical (unpaired) electrons. The quantitative estimate of drug-likeness (QED) is 0.620. The number of alkyl halides is 5. The molecule has 1 aromatic rings. The predicted octanol–water partition coefficient (Wildman–Crippen LogP) is 3.65. The van der Waals surface area contributed by atoms with Gasteiger partial charge in [0.05, 0.1) is 11.1 Å². The Morgan fingerprint density at radius 1 is 1.28 bits per heavy atom. The minimum absolute atomic E-state index is 0.117. The molecular weight excluding hydrogens is 266 g/mol. The van der Waals surface area contributed by atoms with Crippen LogP contribution in [0.2, 0.25) is 0 Å². The molecule has 0 fully saturated rings. The van der Waals surface area contributed by atoms with Gasteiger partial charge in [-0.15, -0.1) is 0 Å². The lowest BCUT2D eigenvalue weighted by Gasteiger charge is -2.14. The van der Waals surface area contributed by atoms with Crippen molar-refractivity contribution in [3.05, 3.63) is 29.1 Å². The highest BCUT2D eigenvalue weighted by Gasteiger charge is 2.36. The molecule has 0 aliphatic heterocycles. The molecular formula is C10H6F6O2. The van der Waals surface area contributed by atoms with Crippen molar-refractivity contribution in [2.24, 2.45) is 0 Å². The van der Waals surface area contributed by atoms with Gasteiger partial charge in [0.25, 0.3) is 0 Å². The maximum absolute atomic E-state index is 13.2. The van der Waals surface area contributed by atoms with Crippen LogP contribution < -0.4 is 4.74 Å². The number of ketones is 1. The van der Waals surface area contributed by atoms with E-state index in [1.54, 1.807) is 0 Å². The average Bonchev–Trinajstić information content (AvgIpc) is 2.13. The van der Waals surface area contributed by atoms with E-state index in [0.717, 1.165) is 6.92 Å². The van der Waals surface area contributed by atoms with Crippen LogP contribution in [0.25, 0.3) is 0 Å². The molecule has 0 aromatic heterocycles. The largest absolute Gasteiger partial charge is 0.434 e. The number of hydrogen-bond donors (Lipinski definition) is 0. The Labute approximate surface area is 97.2 Å². The minimum Gasteiger partial charge on any atom is -0.434 e. The van der Waals surface area contributed by atoms with Crippen molar-refractivity contribution in [2.75, 3.05) is 0 Å². The second-order valence-electron chi connectivity index (χ2n) is 3.26. The second kappa shape index (κ2) is 4.87. The average molecular weight is 272 g/mol. The molecule has 0 saturated carbocycles. The number of carbonyl (C=O) groups is 1. The molecule has 18 heavy (non-hydrogen) atoms. The number of hydrogen-bond acceptors (Lipinski definition) is 2. The fourth-order valence-corrected chi connectivity index (χ4v) is 1.24. The van der Waals surface area contributed by atoms with E-state index in [0.29, 0.717) is 0 Å². The van der Waals surface area contributed by atoms with Gasteiger partial charge in [0.2, 0.25) is 0 Å². The molecule has 100 valence electrons. The van der Waals surface area contributed by atoms with E-state index in [1.807, 2.05) is 0 Å². The lowest BCUT2D eigenvalue weighted by atomic mass is 10.1. The third kappa shape index (κ3) is 3.14. The maximum atomic E-state index is 13.2. The summed E-state index contributed by atoms with van der Waals surface area (Å²) in [6, 6.07) is 0.265. The normalized spacial score (nSPS) is 11.8. The summed E-state index contributed by atoms with van der Waals surface area (Å²) in [5, 5.41) is 0. The highest BCUT2D eigenvalue weighted by molar-refractivity contribution is 5.94. The lowest BCUT2D eigenvalue weighted by molar-refractivity contribution is -0.141. The summed E-state index contributed by atoms with van der Waals surface area (Å²) in [5.41, 5.74) is -2.47. The van der Waals surface area contributed by atoms with Crippen LogP contribution in [0.5, 0.6) is 5.75 Å². The van der Waals surface area contributed by atoms with Gasteiger partial charge in [0, 0.05) is 6.07 Å². The van der Waals surface area contributed by atoms with Crippen molar-refractivity contribution < 1.29 is 35.9 Å². The molecule has 0 saturated heterocycles. The monoisotopic (exact) mass is 272 g/mol. The molecule has 0 N–H and O–H groups in total. The molecule has 0 heterocycles. The van der Waals surface area contributed by atoms with Crippen LogP contribution in [-0.4, -0.2) is 12.4 Å². The summed E-state index contributed by atoms with van der Waals surface area (Å²) in [6.45, 7) is -2.68. The maximum Gasteiger partial charge on any atom is 0.419 e. The van der Waals surface area contributed by atoms with Crippen LogP contribution >= 0.6 is 0 Å². The first-order chi connectivity index (χ1) is 8.12. The van der Waals surface area contributed by atoms with Gasteiger partial charge < -0.3 is 4.74 Å². The Morgan fingerprint density at radius 2 is 1.83 bits per heavy atom. The predicted molar refractivity (Wildman–Crippen MR) is 48.0 cm³/mol. The van der Waals surface area contributed by atoms with E-state index in [-0.39, 0.29) is 12.1 Å². The summed E-state index contributed by atoms with van der Waals surface area (Å²) < 4.78 is 78.1. The zero-order valence-corrected chi connectivity index (χ0v) is 8.82. The molecule has 0 unspecified atom stereocenters. The van der Waals surface area contributed by atoms with E-state index < -0.39 is 41.3 Å². The minimum atomic E-state index is -5.04. The van der Waals surface area contributed by atoms with Gasteiger partial charge >= 0.3 is 12.8 Å². The standard InChI is InChI=1S/C10H6F6O2/c1-4(17)5-2-6(10(14,15)16)8(3-7(5)11)18-9(12)13/h2-3,9H,1H3. The Morgan fingerprint density at radius 3 is 2.22 bits per heavy atom. The molecule has 1 aromatic carbocycles. The van der Waals surface area contributed by atoms with Gasteiger partial charge in [-0.3, -0.25) is 4.79 Å². The fourth-order valence-electron chi connectivity index (χ4n) is 1.24. The van der Waals surface area contributed by atoms with Crippen LogP contribution in [0.3, 0.4) is 0 Å². The number of carbonyl (C=O) groups excluding carboxylic acids is 1. The Balaban J connectivity index is 3.42. The van der Waals surface area contributed by atoms with Crippen molar-refractivity contribution in [2.45, 2.75) is 19.7 Å². The first-order valence-corrected chi connectivity index (χ1v) is 4.49.